The van der Waals surface area contributed by atoms with E-state index < -0.39 is 6.10 Å². The zero-order valence-corrected chi connectivity index (χ0v) is 11.2. The van der Waals surface area contributed by atoms with Gasteiger partial charge in [-0.15, -0.1) is 0 Å². The van der Waals surface area contributed by atoms with Crippen molar-refractivity contribution in [3.05, 3.63) is 27.8 Å². The second-order valence-corrected chi connectivity index (χ2v) is 5.35. The third-order valence-electron chi connectivity index (χ3n) is 2.46. The maximum atomic E-state index is 9.67. The molecule has 2 rings (SSSR count). The summed E-state index contributed by atoms with van der Waals surface area (Å²) in [5, 5.41) is 12.9. The first-order chi connectivity index (χ1) is 7.74. The summed E-state index contributed by atoms with van der Waals surface area (Å²) in [7, 11) is 0. The van der Waals surface area contributed by atoms with Gasteiger partial charge in [0, 0.05) is 16.2 Å². The summed E-state index contributed by atoms with van der Waals surface area (Å²) in [6, 6.07) is 8.46. The number of aliphatic hydroxyl groups excluding tert-OH is 1. The third kappa shape index (κ3) is 4.27. The van der Waals surface area contributed by atoms with E-state index in [0.717, 1.165) is 9.32 Å². The molecule has 0 aromatic heterocycles. The van der Waals surface area contributed by atoms with Crippen molar-refractivity contribution in [3.8, 4) is 5.75 Å². The van der Waals surface area contributed by atoms with Crippen LogP contribution in [-0.4, -0.2) is 30.4 Å². The van der Waals surface area contributed by atoms with Crippen LogP contribution in [-0.2, 0) is 0 Å². The molecule has 0 heterocycles. The second kappa shape index (κ2) is 5.84. The number of rotatable bonds is 6. The first-order valence-corrected chi connectivity index (χ1v) is 6.62. The Hall–Kier alpha value is -0.330. The standard InChI is InChI=1S/C12H16INO2/c13-9-2-1-3-12(6-9)16-8-11(15)7-14-10-4-5-10/h1-3,6,10-11,14-15H,4-5,7-8H2. The van der Waals surface area contributed by atoms with Crippen molar-refractivity contribution in [2.45, 2.75) is 25.0 Å². The molecule has 2 N–H and O–H groups in total. The average Bonchev–Trinajstić information content (AvgIpc) is 3.07. The molecule has 16 heavy (non-hydrogen) atoms. The zero-order chi connectivity index (χ0) is 11.4. The molecular formula is C12H16INO2. The summed E-state index contributed by atoms with van der Waals surface area (Å²) in [5.74, 6) is 0.817. The van der Waals surface area contributed by atoms with Crippen LogP contribution >= 0.6 is 22.6 Å². The highest BCUT2D eigenvalue weighted by Gasteiger charge is 2.21. The predicted molar refractivity (Wildman–Crippen MR) is 71.7 cm³/mol. The largest absolute Gasteiger partial charge is 0.491 e. The molecule has 88 valence electrons. The molecule has 1 aromatic carbocycles. The number of ether oxygens (including phenoxy) is 1. The summed E-state index contributed by atoms with van der Waals surface area (Å²) in [6.45, 7) is 0.967. The lowest BCUT2D eigenvalue weighted by molar-refractivity contribution is 0.106. The van der Waals surface area contributed by atoms with Crippen LogP contribution in [0.15, 0.2) is 24.3 Å². The Balaban J connectivity index is 1.69. The topological polar surface area (TPSA) is 41.5 Å². The van der Waals surface area contributed by atoms with E-state index in [9.17, 15) is 5.11 Å². The maximum Gasteiger partial charge on any atom is 0.120 e. The van der Waals surface area contributed by atoms with Gasteiger partial charge in [-0.1, -0.05) is 6.07 Å². The molecule has 1 aromatic rings. The van der Waals surface area contributed by atoms with Gasteiger partial charge in [0.2, 0.25) is 0 Å². The van der Waals surface area contributed by atoms with E-state index >= 15 is 0 Å². The van der Waals surface area contributed by atoms with E-state index in [1.54, 1.807) is 0 Å². The minimum Gasteiger partial charge on any atom is -0.491 e. The van der Waals surface area contributed by atoms with E-state index in [1.807, 2.05) is 24.3 Å². The minimum atomic E-state index is -0.432. The molecule has 1 aliphatic carbocycles. The summed E-state index contributed by atoms with van der Waals surface area (Å²) < 4.78 is 6.65. The summed E-state index contributed by atoms with van der Waals surface area (Å²) >= 11 is 2.24. The molecule has 1 saturated carbocycles. The fourth-order valence-electron chi connectivity index (χ4n) is 1.40. The van der Waals surface area contributed by atoms with Crippen LogP contribution in [0.2, 0.25) is 0 Å². The molecule has 1 aliphatic rings. The smallest absolute Gasteiger partial charge is 0.120 e. The van der Waals surface area contributed by atoms with E-state index in [1.165, 1.54) is 12.8 Å². The first kappa shape index (κ1) is 12.1. The van der Waals surface area contributed by atoms with Crippen LogP contribution in [0.5, 0.6) is 5.75 Å². The van der Waals surface area contributed by atoms with Crippen molar-refractivity contribution >= 4 is 22.6 Å². The van der Waals surface area contributed by atoms with Crippen LogP contribution in [0.25, 0.3) is 0 Å². The maximum absolute atomic E-state index is 9.67. The minimum absolute atomic E-state index is 0.347. The van der Waals surface area contributed by atoms with E-state index in [4.69, 9.17) is 4.74 Å². The van der Waals surface area contributed by atoms with Gasteiger partial charge < -0.3 is 15.2 Å². The molecule has 1 unspecified atom stereocenters. The Morgan fingerprint density at radius 3 is 3.00 bits per heavy atom. The lowest BCUT2D eigenvalue weighted by atomic mass is 10.3. The Kier molecular flexibility index (Phi) is 4.43. The van der Waals surface area contributed by atoms with Crippen molar-refractivity contribution in [3.63, 3.8) is 0 Å². The molecule has 0 bridgehead atoms. The van der Waals surface area contributed by atoms with Crippen molar-refractivity contribution in [1.82, 2.24) is 5.32 Å². The van der Waals surface area contributed by atoms with Crippen LogP contribution in [0.4, 0.5) is 0 Å². The normalized spacial score (nSPS) is 17.1. The predicted octanol–water partition coefficient (Wildman–Crippen LogP) is 1.78. The van der Waals surface area contributed by atoms with Crippen molar-refractivity contribution in [1.29, 1.82) is 0 Å². The number of nitrogens with one attached hydrogen (secondary N) is 1. The molecule has 1 fully saturated rings. The summed E-state index contributed by atoms with van der Waals surface area (Å²) in [6.07, 6.45) is 2.05. The quantitative estimate of drug-likeness (QED) is 0.780. The Morgan fingerprint density at radius 1 is 1.50 bits per heavy atom. The van der Waals surface area contributed by atoms with E-state index in [-0.39, 0.29) is 0 Å². The molecule has 0 radical (unpaired) electrons. The number of benzene rings is 1. The zero-order valence-electron chi connectivity index (χ0n) is 9.03. The molecule has 0 amide bonds. The molecule has 0 spiro atoms. The van der Waals surface area contributed by atoms with Gasteiger partial charge in [0.05, 0.1) is 0 Å². The van der Waals surface area contributed by atoms with Gasteiger partial charge in [-0.05, 0) is 53.6 Å². The average molecular weight is 333 g/mol. The highest BCUT2D eigenvalue weighted by Crippen LogP contribution is 2.18. The van der Waals surface area contributed by atoms with Crippen molar-refractivity contribution in [2.24, 2.45) is 0 Å². The fourth-order valence-corrected chi connectivity index (χ4v) is 1.91. The lowest BCUT2D eigenvalue weighted by Crippen LogP contribution is -2.32. The number of halogens is 1. The third-order valence-corrected chi connectivity index (χ3v) is 3.13. The molecular weight excluding hydrogens is 317 g/mol. The van der Waals surface area contributed by atoms with Crippen molar-refractivity contribution in [2.75, 3.05) is 13.2 Å². The molecule has 0 aliphatic heterocycles. The Morgan fingerprint density at radius 2 is 2.31 bits per heavy atom. The second-order valence-electron chi connectivity index (χ2n) is 4.10. The fraction of sp³-hybridized carbons (Fsp3) is 0.500. The van der Waals surface area contributed by atoms with Crippen LogP contribution in [0, 0.1) is 3.57 Å². The number of hydrogen-bond acceptors (Lipinski definition) is 3. The highest BCUT2D eigenvalue weighted by molar-refractivity contribution is 14.1. The van der Waals surface area contributed by atoms with Gasteiger partial charge in [-0.25, -0.2) is 0 Å². The highest BCUT2D eigenvalue weighted by atomic mass is 127. The van der Waals surface area contributed by atoms with Gasteiger partial charge in [0.1, 0.15) is 18.5 Å². The molecule has 3 nitrogen and oxygen atoms in total. The summed E-state index contributed by atoms with van der Waals surface area (Å²) in [5.41, 5.74) is 0. The van der Waals surface area contributed by atoms with E-state index in [2.05, 4.69) is 27.9 Å². The lowest BCUT2D eigenvalue weighted by Gasteiger charge is -2.13. The van der Waals surface area contributed by atoms with Gasteiger partial charge in [0.25, 0.3) is 0 Å². The van der Waals surface area contributed by atoms with Crippen molar-refractivity contribution < 1.29 is 9.84 Å². The number of hydrogen-bond donors (Lipinski definition) is 2. The van der Waals surface area contributed by atoms with E-state index in [0.29, 0.717) is 19.2 Å². The Labute approximate surface area is 109 Å². The van der Waals surface area contributed by atoms with Gasteiger partial charge >= 0.3 is 0 Å². The van der Waals surface area contributed by atoms with Crippen LogP contribution < -0.4 is 10.1 Å². The van der Waals surface area contributed by atoms with Gasteiger partial charge in [-0.2, -0.15) is 0 Å². The van der Waals surface area contributed by atoms with Gasteiger partial charge in [0.15, 0.2) is 0 Å². The Bertz CT molecular complexity index is 342. The monoisotopic (exact) mass is 333 g/mol. The van der Waals surface area contributed by atoms with Gasteiger partial charge in [-0.3, -0.25) is 0 Å². The molecule has 1 atom stereocenters. The number of aliphatic hydroxyl groups is 1. The molecule has 4 heteroatoms. The first-order valence-electron chi connectivity index (χ1n) is 5.54. The SMILES string of the molecule is OC(CNC1CC1)COc1cccc(I)c1. The molecule has 0 saturated heterocycles. The summed E-state index contributed by atoms with van der Waals surface area (Å²) in [4.78, 5) is 0. The van der Waals surface area contributed by atoms with Crippen LogP contribution in [0.1, 0.15) is 12.8 Å². The van der Waals surface area contributed by atoms with Crippen LogP contribution in [0.3, 0.4) is 0 Å².